The van der Waals surface area contributed by atoms with E-state index in [0.29, 0.717) is 13.0 Å². The lowest BCUT2D eigenvalue weighted by Gasteiger charge is -2.23. The maximum atomic E-state index is 12.3. The SMILES string of the molecule is COCCC(C)(O)CNC(=O)c1cccn1CC(F)F. The molecule has 0 bridgehead atoms. The highest BCUT2D eigenvalue weighted by Gasteiger charge is 2.22. The van der Waals surface area contributed by atoms with E-state index < -0.39 is 24.5 Å². The molecule has 0 fully saturated rings. The minimum Gasteiger partial charge on any atom is -0.388 e. The van der Waals surface area contributed by atoms with E-state index in [4.69, 9.17) is 4.74 Å². The van der Waals surface area contributed by atoms with Gasteiger partial charge in [0.1, 0.15) is 5.69 Å². The number of hydrogen-bond acceptors (Lipinski definition) is 3. The van der Waals surface area contributed by atoms with Gasteiger partial charge in [-0.3, -0.25) is 4.79 Å². The topological polar surface area (TPSA) is 63.5 Å². The zero-order valence-corrected chi connectivity index (χ0v) is 11.6. The summed E-state index contributed by atoms with van der Waals surface area (Å²) < 4.78 is 30.7. The molecule has 0 aliphatic rings. The first kappa shape index (κ1) is 16.6. The van der Waals surface area contributed by atoms with E-state index in [-0.39, 0.29) is 12.2 Å². The maximum Gasteiger partial charge on any atom is 0.268 e. The highest BCUT2D eigenvalue weighted by atomic mass is 19.3. The van der Waals surface area contributed by atoms with Crippen molar-refractivity contribution in [2.75, 3.05) is 20.3 Å². The van der Waals surface area contributed by atoms with E-state index >= 15 is 0 Å². The normalized spacial score (nSPS) is 14.3. The van der Waals surface area contributed by atoms with Crippen LogP contribution in [0.1, 0.15) is 23.8 Å². The largest absolute Gasteiger partial charge is 0.388 e. The third-order valence-corrected chi connectivity index (χ3v) is 2.87. The summed E-state index contributed by atoms with van der Waals surface area (Å²) in [5.41, 5.74) is -0.959. The van der Waals surface area contributed by atoms with Gasteiger partial charge in [-0.15, -0.1) is 0 Å². The Morgan fingerprint density at radius 3 is 2.90 bits per heavy atom. The van der Waals surface area contributed by atoms with Crippen molar-refractivity contribution in [1.29, 1.82) is 0 Å². The molecule has 1 rings (SSSR count). The zero-order chi connectivity index (χ0) is 15.2. The fraction of sp³-hybridized carbons (Fsp3) is 0.615. The Morgan fingerprint density at radius 2 is 2.30 bits per heavy atom. The van der Waals surface area contributed by atoms with Gasteiger partial charge < -0.3 is 19.7 Å². The van der Waals surface area contributed by atoms with E-state index in [0.717, 1.165) is 0 Å². The number of amides is 1. The van der Waals surface area contributed by atoms with Crippen molar-refractivity contribution in [2.24, 2.45) is 0 Å². The van der Waals surface area contributed by atoms with Crippen LogP contribution in [0, 0.1) is 0 Å². The monoisotopic (exact) mass is 290 g/mol. The van der Waals surface area contributed by atoms with Crippen molar-refractivity contribution >= 4 is 5.91 Å². The van der Waals surface area contributed by atoms with Crippen LogP contribution in [0.4, 0.5) is 8.78 Å². The molecule has 0 spiro atoms. The van der Waals surface area contributed by atoms with Crippen molar-refractivity contribution in [3.63, 3.8) is 0 Å². The van der Waals surface area contributed by atoms with Crippen molar-refractivity contribution in [1.82, 2.24) is 9.88 Å². The first-order valence-electron chi connectivity index (χ1n) is 6.28. The fourth-order valence-corrected chi connectivity index (χ4v) is 1.70. The average molecular weight is 290 g/mol. The van der Waals surface area contributed by atoms with Gasteiger partial charge in [0.25, 0.3) is 12.3 Å². The summed E-state index contributed by atoms with van der Waals surface area (Å²) in [6.07, 6.45) is -0.745. The van der Waals surface area contributed by atoms with Gasteiger partial charge in [-0.1, -0.05) is 0 Å². The molecule has 1 heterocycles. The van der Waals surface area contributed by atoms with Crippen LogP contribution in [-0.4, -0.2) is 47.9 Å². The molecule has 7 heteroatoms. The van der Waals surface area contributed by atoms with Gasteiger partial charge in [0.15, 0.2) is 0 Å². The summed E-state index contributed by atoms with van der Waals surface area (Å²) in [4.78, 5) is 11.9. The lowest BCUT2D eigenvalue weighted by atomic mass is 10.0. The van der Waals surface area contributed by atoms with Crippen molar-refractivity contribution in [3.8, 4) is 0 Å². The number of hydrogen-bond donors (Lipinski definition) is 2. The molecule has 5 nitrogen and oxygen atoms in total. The van der Waals surface area contributed by atoms with Gasteiger partial charge in [-0.2, -0.15) is 0 Å². The number of ether oxygens (including phenoxy) is 1. The van der Waals surface area contributed by atoms with Gasteiger partial charge in [0, 0.05) is 32.9 Å². The summed E-state index contributed by atoms with van der Waals surface area (Å²) in [7, 11) is 1.52. The minimum atomic E-state index is -2.53. The molecule has 1 aromatic rings. The molecule has 1 atom stereocenters. The number of rotatable bonds is 8. The number of nitrogens with one attached hydrogen (secondary N) is 1. The Bertz CT molecular complexity index is 433. The second-order valence-electron chi connectivity index (χ2n) is 4.86. The molecule has 1 amide bonds. The Kier molecular flexibility index (Phi) is 6.09. The molecule has 0 saturated carbocycles. The molecule has 0 saturated heterocycles. The second kappa shape index (κ2) is 7.35. The van der Waals surface area contributed by atoms with Crippen LogP contribution in [0.15, 0.2) is 18.3 Å². The summed E-state index contributed by atoms with van der Waals surface area (Å²) >= 11 is 0. The molecule has 114 valence electrons. The predicted octanol–water partition coefficient (Wildman–Crippen LogP) is 1.27. The van der Waals surface area contributed by atoms with Crippen LogP contribution in [0.3, 0.4) is 0 Å². The molecule has 1 aromatic heterocycles. The van der Waals surface area contributed by atoms with Crippen LogP contribution < -0.4 is 5.32 Å². The molecule has 0 aromatic carbocycles. The van der Waals surface area contributed by atoms with Crippen molar-refractivity contribution in [2.45, 2.75) is 31.9 Å². The van der Waals surface area contributed by atoms with Gasteiger partial charge in [0.2, 0.25) is 0 Å². The lowest BCUT2D eigenvalue weighted by molar-refractivity contribution is 0.0242. The number of carbonyl (C=O) groups is 1. The van der Waals surface area contributed by atoms with Gasteiger partial charge in [0.05, 0.1) is 12.1 Å². The van der Waals surface area contributed by atoms with E-state index in [1.807, 2.05) is 0 Å². The van der Waals surface area contributed by atoms with Crippen molar-refractivity contribution < 1.29 is 23.4 Å². The minimum absolute atomic E-state index is 0.0229. The van der Waals surface area contributed by atoms with Gasteiger partial charge >= 0.3 is 0 Å². The van der Waals surface area contributed by atoms with Gasteiger partial charge in [-0.25, -0.2) is 8.78 Å². The number of methoxy groups -OCH3 is 1. The summed E-state index contributed by atoms with van der Waals surface area (Å²) in [6, 6.07) is 2.99. The molecular formula is C13H20F2N2O3. The van der Waals surface area contributed by atoms with Crippen LogP contribution in [0.2, 0.25) is 0 Å². The van der Waals surface area contributed by atoms with Crippen LogP contribution in [0.5, 0.6) is 0 Å². The molecule has 2 N–H and O–H groups in total. The number of aromatic nitrogens is 1. The fourth-order valence-electron chi connectivity index (χ4n) is 1.70. The Labute approximate surface area is 116 Å². The summed E-state index contributed by atoms with van der Waals surface area (Å²) in [5, 5.41) is 12.5. The van der Waals surface area contributed by atoms with E-state index in [1.165, 1.54) is 30.0 Å². The average Bonchev–Trinajstić information content (AvgIpc) is 2.81. The number of nitrogens with zero attached hydrogens (tertiary/aromatic N) is 1. The molecule has 0 radical (unpaired) electrons. The second-order valence-corrected chi connectivity index (χ2v) is 4.86. The van der Waals surface area contributed by atoms with Crippen LogP contribution >= 0.6 is 0 Å². The predicted molar refractivity (Wildman–Crippen MR) is 69.9 cm³/mol. The van der Waals surface area contributed by atoms with E-state index in [1.54, 1.807) is 6.92 Å². The first-order valence-corrected chi connectivity index (χ1v) is 6.28. The highest BCUT2D eigenvalue weighted by molar-refractivity contribution is 5.92. The van der Waals surface area contributed by atoms with Crippen LogP contribution in [-0.2, 0) is 11.3 Å². The smallest absolute Gasteiger partial charge is 0.268 e. The number of halogens is 2. The van der Waals surface area contributed by atoms with Crippen LogP contribution in [0.25, 0.3) is 0 Å². The summed E-state index contributed by atoms with van der Waals surface area (Å²) in [5.74, 6) is -0.492. The lowest BCUT2D eigenvalue weighted by Crippen LogP contribution is -2.41. The quantitative estimate of drug-likeness (QED) is 0.758. The number of aliphatic hydroxyl groups is 1. The number of carbonyl (C=O) groups excluding carboxylic acids is 1. The van der Waals surface area contributed by atoms with Crippen molar-refractivity contribution in [3.05, 3.63) is 24.0 Å². The number of alkyl halides is 2. The standard InChI is InChI=1S/C13H20F2N2O3/c1-13(19,5-7-20-2)9-16-12(18)10-4-3-6-17(10)8-11(14)15/h3-4,6,11,19H,5,7-9H2,1-2H3,(H,16,18). The third kappa shape index (κ3) is 5.26. The van der Waals surface area contributed by atoms with E-state index in [2.05, 4.69) is 5.32 Å². The molecule has 0 aliphatic heterocycles. The first-order chi connectivity index (χ1) is 9.35. The Balaban J connectivity index is 2.57. The highest BCUT2D eigenvalue weighted by Crippen LogP contribution is 2.10. The summed E-state index contributed by atoms with van der Waals surface area (Å²) in [6.45, 7) is 1.43. The molecule has 20 heavy (non-hydrogen) atoms. The van der Waals surface area contributed by atoms with E-state index in [9.17, 15) is 18.7 Å². The zero-order valence-electron chi connectivity index (χ0n) is 11.6. The molecule has 1 unspecified atom stereocenters. The van der Waals surface area contributed by atoms with Gasteiger partial charge in [-0.05, 0) is 19.1 Å². The Hall–Kier alpha value is -1.47. The third-order valence-electron chi connectivity index (χ3n) is 2.87. The maximum absolute atomic E-state index is 12.3. The Morgan fingerprint density at radius 1 is 1.60 bits per heavy atom. The molecule has 0 aliphatic carbocycles. The molecular weight excluding hydrogens is 270 g/mol.